The van der Waals surface area contributed by atoms with Crippen molar-refractivity contribution in [3.63, 3.8) is 0 Å². The molecule has 0 unspecified atom stereocenters. The molecular formula is C25H24N4O6. The lowest BCUT2D eigenvalue weighted by molar-refractivity contribution is -0.384. The summed E-state index contributed by atoms with van der Waals surface area (Å²) in [5, 5.41) is 14.2. The number of carbonyl (C=O) groups is 3. The molecular weight excluding hydrogens is 452 g/mol. The number of carbonyl (C=O) groups excluding carboxylic acids is 3. The van der Waals surface area contributed by atoms with Crippen LogP contribution in [0.15, 0.2) is 36.4 Å². The van der Waals surface area contributed by atoms with Gasteiger partial charge in [-0.3, -0.25) is 29.4 Å². The molecule has 35 heavy (non-hydrogen) atoms. The monoisotopic (exact) mass is 476 g/mol. The molecule has 0 radical (unpaired) electrons. The van der Waals surface area contributed by atoms with E-state index in [1.807, 2.05) is 25.1 Å². The summed E-state index contributed by atoms with van der Waals surface area (Å²) < 4.78 is 5.34. The van der Waals surface area contributed by atoms with Crippen LogP contribution in [-0.4, -0.2) is 47.2 Å². The molecule has 0 aliphatic carbocycles. The van der Waals surface area contributed by atoms with E-state index in [0.717, 1.165) is 28.9 Å². The van der Waals surface area contributed by atoms with E-state index in [4.69, 9.17) is 4.74 Å². The zero-order chi connectivity index (χ0) is 24.6. The van der Waals surface area contributed by atoms with Crippen LogP contribution in [0.1, 0.15) is 30.9 Å². The minimum absolute atomic E-state index is 0.0581. The molecule has 2 aromatic carbocycles. The molecule has 180 valence electrons. The maximum absolute atomic E-state index is 14.1. The molecule has 1 spiro atoms. The number of nitro groups is 1. The Morgan fingerprint density at radius 3 is 2.69 bits per heavy atom. The van der Waals surface area contributed by atoms with Crippen molar-refractivity contribution in [1.29, 1.82) is 0 Å². The van der Waals surface area contributed by atoms with Crippen LogP contribution in [0.4, 0.5) is 17.1 Å². The Bertz CT molecular complexity index is 1330. The predicted octanol–water partition coefficient (Wildman–Crippen LogP) is 2.60. The highest BCUT2D eigenvalue weighted by atomic mass is 16.6. The van der Waals surface area contributed by atoms with Crippen molar-refractivity contribution in [1.82, 2.24) is 4.90 Å². The Labute approximate surface area is 201 Å². The van der Waals surface area contributed by atoms with E-state index in [0.29, 0.717) is 18.7 Å². The van der Waals surface area contributed by atoms with Crippen molar-refractivity contribution in [3.8, 4) is 5.75 Å². The zero-order valence-corrected chi connectivity index (χ0v) is 19.3. The fourth-order valence-electron chi connectivity index (χ4n) is 6.67. The van der Waals surface area contributed by atoms with Gasteiger partial charge in [-0.1, -0.05) is 19.1 Å². The van der Waals surface area contributed by atoms with Crippen LogP contribution >= 0.6 is 0 Å². The summed E-state index contributed by atoms with van der Waals surface area (Å²) in [6, 6.07) is 9.39. The van der Waals surface area contributed by atoms with Crippen LogP contribution in [0.5, 0.6) is 5.75 Å². The minimum Gasteiger partial charge on any atom is -0.494 e. The molecule has 3 saturated heterocycles. The molecule has 6 rings (SSSR count). The normalized spacial score (nSPS) is 28.9. The summed E-state index contributed by atoms with van der Waals surface area (Å²) in [4.78, 5) is 55.5. The molecule has 0 aromatic heterocycles. The Balaban J connectivity index is 1.53. The van der Waals surface area contributed by atoms with Gasteiger partial charge in [0, 0.05) is 23.4 Å². The summed E-state index contributed by atoms with van der Waals surface area (Å²) in [7, 11) is 1.33. The lowest BCUT2D eigenvalue weighted by Gasteiger charge is -2.36. The molecule has 10 heteroatoms. The van der Waals surface area contributed by atoms with Crippen molar-refractivity contribution < 1.29 is 24.0 Å². The summed E-state index contributed by atoms with van der Waals surface area (Å²) >= 11 is 0. The summed E-state index contributed by atoms with van der Waals surface area (Å²) in [5.74, 6) is -2.68. The number of methoxy groups -OCH3 is 1. The van der Waals surface area contributed by atoms with E-state index in [2.05, 4.69) is 10.2 Å². The van der Waals surface area contributed by atoms with Crippen LogP contribution in [0.2, 0.25) is 0 Å². The number of hydrogen-bond acceptors (Lipinski definition) is 7. The van der Waals surface area contributed by atoms with Gasteiger partial charge < -0.3 is 10.1 Å². The van der Waals surface area contributed by atoms with Gasteiger partial charge in [-0.05, 0) is 43.5 Å². The molecule has 3 amide bonds. The quantitative estimate of drug-likeness (QED) is 0.409. The summed E-state index contributed by atoms with van der Waals surface area (Å²) in [6.45, 7) is 2.66. The maximum atomic E-state index is 14.1. The number of hydrogen-bond donors (Lipinski definition) is 1. The van der Waals surface area contributed by atoms with Crippen molar-refractivity contribution in [2.24, 2.45) is 11.8 Å². The number of nitro benzene ring substituents is 1. The largest absolute Gasteiger partial charge is 0.494 e. The van der Waals surface area contributed by atoms with Crippen LogP contribution in [0, 0.1) is 22.0 Å². The van der Waals surface area contributed by atoms with E-state index >= 15 is 0 Å². The van der Waals surface area contributed by atoms with E-state index in [1.54, 1.807) is 0 Å². The Morgan fingerprint density at radius 2 is 1.97 bits per heavy atom. The number of rotatable bonds is 4. The van der Waals surface area contributed by atoms with Crippen LogP contribution in [0.3, 0.4) is 0 Å². The molecule has 1 N–H and O–H groups in total. The van der Waals surface area contributed by atoms with Gasteiger partial charge in [0.25, 0.3) is 5.69 Å². The molecule has 4 aliphatic heterocycles. The molecule has 4 atom stereocenters. The van der Waals surface area contributed by atoms with Crippen molar-refractivity contribution >= 4 is 34.8 Å². The van der Waals surface area contributed by atoms with Gasteiger partial charge in [0.05, 0.1) is 35.6 Å². The Morgan fingerprint density at radius 1 is 1.17 bits per heavy atom. The lowest BCUT2D eigenvalue weighted by Crippen LogP contribution is -2.54. The fraction of sp³-hybridized carbons (Fsp3) is 0.400. The van der Waals surface area contributed by atoms with E-state index in [-0.39, 0.29) is 29.1 Å². The van der Waals surface area contributed by atoms with Gasteiger partial charge in [0.2, 0.25) is 17.7 Å². The van der Waals surface area contributed by atoms with E-state index in [1.165, 1.54) is 25.3 Å². The van der Waals surface area contributed by atoms with Crippen molar-refractivity contribution in [3.05, 3.63) is 57.6 Å². The average Bonchev–Trinajstić information content (AvgIpc) is 3.56. The van der Waals surface area contributed by atoms with E-state index in [9.17, 15) is 24.5 Å². The highest BCUT2D eigenvalue weighted by molar-refractivity contribution is 6.26. The summed E-state index contributed by atoms with van der Waals surface area (Å²) in [6.07, 6.45) is 2.31. The third-order valence-electron chi connectivity index (χ3n) is 8.08. The summed E-state index contributed by atoms with van der Waals surface area (Å²) in [5.41, 5.74) is 1.15. The predicted molar refractivity (Wildman–Crippen MR) is 125 cm³/mol. The molecule has 0 saturated carbocycles. The third-order valence-corrected chi connectivity index (χ3v) is 8.08. The zero-order valence-electron chi connectivity index (χ0n) is 19.3. The Hall–Kier alpha value is -3.79. The second kappa shape index (κ2) is 7.35. The SMILES string of the molecule is CCc1ccc2c(c1)[C@@]1(C(=O)N2)[C@@H]2C(=O)N(c3ccc([N+](=O)[O-])cc3OC)C(=O)[C@@H]2[C@H]2CCCN21. The van der Waals surface area contributed by atoms with Crippen molar-refractivity contribution in [2.45, 2.75) is 37.8 Å². The molecule has 3 fully saturated rings. The number of amides is 3. The first kappa shape index (κ1) is 21.7. The second-order valence-electron chi connectivity index (χ2n) is 9.49. The average molecular weight is 476 g/mol. The number of imide groups is 1. The van der Waals surface area contributed by atoms with Gasteiger partial charge in [0.1, 0.15) is 11.3 Å². The molecule has 4 heterocycles. The first-order valence-electron chi connectivity index (χ1n) is 11.8. The van der Waals surface area contributed by atoms with Gasteiger partial charge >= 0.3 is 0 Å². The molecule has 4 aliphatic rings. The van der Waals surface area contributed by atoms with Crippen LogP contribution < -0.4 is 15.0 Å². The first-order valence-corrected chi connectivity index (χ1v) is 11.8. The molecule has 2 aromatic rings. The molecule has 0 bridgehead atoms. The Kier molecular flexibility index (Phi) is 4.56. The number of benzene rings is 2. The molecule has 10 nitrogen and oxygen atoms in total. The van der Waals surface area contributed by atoms with Crippen LogP contribution in [-0.2, 0) is 26.3 Å². The number of nitrogens with one attached hydrogen (secondary N) is 1. The van der Waals surface area contributed by atoms with Crippen LogP contribution in [0.25, 0.3) is 0 Å². The van der Waals surface area contributed by atoms with Gasteiger partial charge in [0.15, 0.2) is 0 Å². The lowest BCUT2D eigenvalue weighted by atomic mass is 9.75. The van der Waals surface area contributed by atoms with E-state index < -0.39 is 34.1 Å². The number of anilines is 2. The standard InChI is InChI=1S/C25H24N4O6/c1-3-13-6-8-16-15(11-13)25(24(32)26-16)21-20(18-5-4-10-27(18)25)22(30)28(23(21)31)17-9-7-14(29(33)34)12-19(17)35-2/h6-9,11-12,18,20-21H,3-5,10H2,1-2H3,(H,26,32)/t18-,20-,21+,25+/m1/s1. The topological polar surface area (TPSA) is 122 Å². The highest BCUT2D eigenvalue weighted by Crippen LogP contribution is 2.61. The smallest absolute Gasteiger partial charge is 0.273 e. The first-order chi connectivity index (χ1) is 16.8. The number of nitrogens with zero attached hydrogens (tertiary/aromatic N) is 3. The number of aryl methyl sites for hydroxylation is 1. The fourth-order valence-corrected chi connectivity index (χ4v) is 6.67. The van der Waals surface area contributed by atoms with Crippen molar-refractivity contribution in [2.75, 3.05) is 23.9 Å². The highest BCUT2D eigenvalue weighted by Gasteiger charge is 2.74. The van der Waals surface area contributed by atoms with Gasteiger partial charge in [-0.25, -0.2) is 4.90 Å². The number of non-ortho nitro benzene ring substituents is 1. The maximum Gasteiger partial charge on any atom is 0.273 e. The van der Waals surface area contributed by atoms with Gasteiger partial charge in [-0.15, -0.1) is 0 Å². The number of ether oxygens (including phenoxy) is 1. The second-order valence-corrected chi connectivity index (χ2v) is 9.49. The minimum atomic E-state index is -1.26. The number of fused-ring (bicyclic) bond motifs is 7. The van der Waals surface area contributed by atoms with Gasteiger partial charge in [-0.2, -0.15) is 0 Å². The third kappa shape index (κ3) is 2.60.